The maximum Gasteiger partial charge on any atom is 0.330 e. The molecule has 9 nitrogen and oxygen atoms in total. The summed E-state index contributed by atoms with van der Waals surface area (Å²) in [5.41, 5.74) is 3.54. The van der Waals surface area contributed by atoms with Crippen LogP contribution in [0.25, 0.3) is 10.8 Å². The number of nitro benzene ring substituents is 1. The monoisotopic (exact) mass is 534 g/mol. The molecule has 1 aliphatic heterocycles. The number of esters is 1. The van der Waals surface area contributed by atoms with Crippen LogP contribution in [0.5, 0.6) is 0 Å². The van der Waals surface area contributed by atoms with Crippen molar-refractivity contribution in [2.24, 2.45) is 0 Å². The normalized spacial score (nSPS) is 14.3. The quantitative estimate of drug-likeness (QED) is 0.107. The summed E-state index contributed by atoms with van der Waals surface area (Å²) >= 11 is 0. The van der Waals surface area contributed by atoms with E-state index in [1.165, 1.54) is 24.3 Å². The number of hydrogen-bond donors (Lipinski definition) is 0. The third-order valence-corrected chi connectivity index (χ3v) is 7.50. The highest BCUT2D eigenvalue weighted by molar-refractivity contribution is 6.27. The number of nitro groups is 1. The molecule has 2 amide bonds. The van der Waals surface area contributed by atoms with Crippen LogP contribution in [0, 0.1) is 10.1 Å². The first kappa shape index (κ1) is 25.1. The molecule has 4 aromatic carbocycles. The zero-order valence-corrected chi connectivity index (χ0v) is 21.2. The number of aryl methyl sites for hydroxylation is 2. The largest absolute Gasteiger partial charge is 0.456 e. The number of ketones is 1. The van der Waals surface area contributed by atoms with Crippen molar-refractivity contribution in [3.63, 3.8) is 0 Å². The van der Waals surface area contributed by atoms with Crippen LogP contribution < -0.4 is 0 Å². The molecule has 0 spiro atoms. The van der Waals surface area contributed by atoms with E-state index < -0.39 is 41.1 Å². The van der Waals surface area contributed by atoms with Crippen LogP contribution in [0.3, 0.4) is 0 Å². The number of ether oxygens (including phenoxy) is 1. The molecule has 0 radical (unpaired) electrons. The molecule has 1 atom stereocenters. The lowest BCUT2D eigenvalue weighted by molar-refractivity contribution is -0.384. The van der Waals surface area contributed by atoms with Gasteiger partial charge in [0.1, 0.15) is 6.04 Å². The Morgan fingerprint density at radius 3 is 2.00 bits per heavy atom. The first-order chi connectivity index (χ1) is 19.3. The van der Waals surface area contributed by atoms with Crippen LogP contribution in [-0.2, 0) is 28.8 Å². The summed E-state index contributed by atoms with van der Waals surface area (Å²) in [5, 5.41) is 12.5. The number of amides is 2. The van der Waals surface area contributed by atoms with E-state index in [0.29, 0.717) is 22.1 Å². The zero-order valence-electron chi connectivity index (χ0n) is 21.2. The molecule has 40 heavy (non-hydrogen) atoms. The Hall–Kier alpha value is -5.18. The van der Waals surface area contributed by atoms with Gasteiger partial charge in [0.2, 0.25) is 0 Å². The lowest BCUT2D eigenvalue weighted by Gasteiger charge is -2.33. The van der Waals surface area contributed by atoms with Gasteiger partial charge in [-0.3, -0.25) is 29.4 Å². The third kappa shape index (κ3) is 4.21. The van der Waals surface area contributed by atoms with Gasteiger partial charge >= 0.3 is 5.97 Å². The number of benzene rings is 4. The lowest BCUT2D eigenvalue weighted by Crippen LogP contribution is -2.52. The number of carbonyl (C=O) groups excluding carboxylic acids is 4. The summed E-state index contributed by atoms with van der Waals surface area (Å²) in [6.45, 7) is -0.656. The van der Waals surface area contributed by atoms with Gasteiger partial charge in [-0.1, -0.05) is 42.5 Å². The van der Waals surface area contributed by atoms with Crippen LogP contribution in [0.2, 0.25) is 0 Å². The Labute approximate surface area is 228 Å². The van der Waals surface area contributed by atoms with Gasteiger partial charge in [0.25, 0.3) is 17.5 Å². The molecule has 0 aromatic heterocycles. The summed E-state index contributed by atoms with van der Waals surface area (Å²) in [4.78, 5) is 65.0. The third-order valence-electron chi connectivity index (χ3n) is 7.50. The Balaban J connectivity index is 1.31. The van der Waals surface area contributed by atoms with Crippen LogP contribution in [-0.4, -0.2) is 46.0 Å². The lowest BCUT2D eigenvalue weighted by atomic mass is 9.90. The van der Waals surface area contributed by atoms with Gasteiger partial charge in [-0.2, -0.15) is 0 Å². The van der Waals surface area contributed by atoms with Gasteiger partial charge < -0.3 is 4.74 Å². The predicted molar refractivity (Wildman–Crippen MR) is 144 cm³/mol. The van der Waals surface area contributed by atoms with Gasteiger partial charge in [0, 0.05) is 40.6 Å². The van der Waals surface area contributed by atoms with Crippen LogP contribution in [0.15, 0.2) is 78.9 Å². The minimum Gasteiger partial charge on any atom is -0.456 e. The minimum atomic E-state index is -1.32. The average Bonchev–Trinajstić information content (AvgIpc) is 3.40. The molecule has 4 aromatic rings. The van der Waals surface area contributed by atoms with Crippen molar-refractivity contribution >= 4 is 40.0 Å². The van der Waals surface area contributed by atoms with Crippen molar-refractivity contribution in [3.05, 3.63) is 122 Å². The van der Waals surface area contributed by atoms with Gasteiger partial charge in [0.05, 0.1) is 4.92 Å². The fraction of sp³-hybridized carbons (Fsp3) is 0.161. The molecular formula is C31H22N2O7. The van der Waals surface area contributed by atoms with Crippen molar-refractivity contribution in [2.75, 3.05) is 6.61 Å². The maximum atomic E-state index is 13.8. The second-order valence-electron chi connectivity index (χ2n) is 9.82. The van der Waals surface area contributed by atoms with E-state index in [-0.39, 0.29) is 17.7 Å². The van der Waals surface area contributed by atoms with Gasteiger partial charge in [-0.25, -0.2) is 4.79 Å². The highest BCUT2D eigenvalue weighted by Crippen LogP contribution is 2.39. The zero-order chi connectivity index (χ0) is 28.0. The SMILES string of the molecule is O=C(COC(=O)C(Cc1ccccc1)N1C(=O)c2ccc3c4c(ccc(c24)C1=O)CC3)c1ccc([N+](=O)[O-])cc1. The van der Waals surface area contributed by atoms with Crippen LogP contribution >= 0.6 is 0 Å². The van der Waals surface area contributed by atoms with Crippen molar-refractivity contribution in [2.45, 2.75) is 25.3 Å². The Bertz CT molecular complexity index is 1670. The molecule has 1 aliphatic carbocycles. The highest BCUT2D eigenvalue weighted by Gasteiger charge is 2.42. The molecule has 198 valence electrons. The number of hydrogen-bond acceptors (Lipinski definition) is 7. The first-order valence-electron chi connectivity index (χ1n) is 12.8. The maximum absolute atomic E-state index is 13.8. The molecular weight excluding hydrogens is 512 g/mol. The van der Waals surface area contributed by atoms with Gasteiger partial charge in [-0.05, 0) is 59.2 Å². The van der Waals surface area contributed by atoms with Crippen molar-refractivity contribution in [1.29, 1.82) is 0 Å². The van der Waals surface area contributed by atoms with Crippen LogP contribution in [0.1, 0.15) is 47.8 Å². The topological polar surface area (TPSA) is 124 Å². The molecule has 0 saturated heterocycles. The highest BCUT2D eigenvalue weighted by atomic mass is 16.6. The Morgan fingerprint density at radius 1 is 0.825 bits per heavy atom. The second kappa shape index (κ2) is 9.85. The van der Waals surface area contributed by atoms with Crippen molar-refractivity contribution < 1.29 is 28.8 Å². The van der Waals surface area contributed by atoms with E-state index in [2.05, 4.69) is 0 Å². The van der Waals surface area contributed by atoms with Crippen molar-refractivity contribution in [3.8, 4) is 0 Å². The molecule has 6 rings (SSSR count). The molecule has 9 heteroatoms. The standard InChI is InChI=1S/C31H22N2O7/c34-26(19-8-12-22(13-9-19)33(38)39)17-40-31(37)25(16-18-4-2-1-3-5-18)32-29(35)23-14-10-20-6-7-21-11-15-24(30(32)36)28(23)27(20)21/h1-5,8-15,25H,6-7,16-17H2. The molecule has 2 aliphatic rings. The first-order valence-corrected chi connectivity index (χ1v) is 12.8. The van der Waals surface area contributed by atoms with Crippen molar-refractivity contribution in [1.82, 2.24) is 4.90 Å². The van der Waals surface area contributed by atoms with E-state index in [9.17, 15) is 29.3 Å². The van der Waals surface area contributed by atoms with E-state index in [4.69, 9.17) is 4.74 Å². The van der Waals surface area contributed by atoms with E-state index in [1.807, 2.05) is 18.2 Å². The summed E-state index contributed by atoms with van der Waals surface area (Å²) < 4.78 is 5.36. The average molecular weight is 535 g/mol. The fourth-order valence-electron chi connectivity index (χ4n) is 5.52. The molecule has 0 saturated carbocycles. The molecule has 0 bridgehead atoms. The van der Waals surface area contributed by atoms with E-state index in [1.54, 1.807) is 36.4 Å². The number of rotatable bonds is 8. The number of imide groups is 1. The summed E-state index contributed by atoms with van der Waals surface area (Å²) in [6.07, 6.45) is 1.68. The molecule has 0 N–H and O–H groups in total. The van der Waals surface area contributed by atoms with E-state index >= 15 is 0 Å². The van der Waals surface area contributed by atoms with Gasteiger partial charge in [0.15, 0.2) is 12.4 Å². The fourth-order valence-corrected chi connectivity index (χ4v) is 5.52. The second-order valence-corrected chi connectivity index (χ2v) is 9.82. The number of Topliss-reactive ketones (excluding diaryl/α,β-unsaturated/α-hetero) is 1. The summed E-state index contributed by atoms with van der Waals surface area (Å²) in [5.74, 6) is -2.66. The molecule has 0 fully saturated rings. The van der Waals surface area contributed by atoms with E-state index in [0.717, 1.165) is 34.3 Å². The molecule has 1 heterocycles. The summed E-state index contributed by atoms with van der Waals surface area (Å²) in [7, 11) is 0. The molecule has 1 unspecified atom stereocenters. The summed E-state index contributed by atoms with van der Waals surface area (Å²) in [6, 6.07) is 19.7. The smallest absolute Gasteiger partial charge is 0.330 e. The predicted octanol–water partition coefficient (Wildman–Crippen LogP) is 4.48. The van der Waals surface area contributed by atoms with Gasteiger partial charge in [-0.15, -0.1) is 0 Å². The van der Waals surface area contributed by atoms with Crippen LogP contribution in [0.4, 0.5) is 5.69 Å². The number of non-ortho nitro benzene ring substituents is 1. The number of nitrogens with zero attached hydrogens (tertiary/aromatic N) is 2. The Morgan fingerprint density at radius 2 is 1.43 bits per heavy atom. The Kier molecular flexibility index (Phi) is 6.18. The minimum absolute atomic E-state index is 0.00246. The number of carbonyl (C=O) groups is 4.